The van der Waals surface area contributed by atoms with Gasteiger partial charge in [-0.15, -0.1) is 0 Å². The van der Waals surface area contributed by atoms with Crippen molar-refractivity contribution in [2.24, 2.45) is 0 Å². The smallest absolute Gasteiger partial charge is 0.409 e. The Morgan fingerprint density at radius 1 is 1.32 bits per heavy atom. The molecule has 2 fully saturated rings. The molecule has 25 heavy (non-hydrogen) atoms. The Morgan fingerprint density at radius 3 is 2.76 bits per heavy atom. The second-order valence-corrected chi connectivity index (χ2v) is 6.91. The monoisotopic (exact) mass is 348 g/mol. The first kappa shape index (κ1) is 17.4. The van der Waals surface area contributed by atoms with Crippen LogP contribution in [0.2, 0.25) is 0 Å². The number of hydrogen-bond donors (Lipinski definition) is 1. The number of likely N-dealkylation sites (tertiary alicyclic amines) is 1. The number of piperidine rings is 1. The van der Waals surface area contributed by atoms with Gasteiger partial charge in [0.1, 0.15) is 18.1 Å². The molecule has 1 saturated carbocycles. The molecule has 136 valence electrons. The molecular formula is C17H24N4O4. The van der Waals surface area contributed by atoms with Crippen molar-refractivity contribution in [3.8, 4) is 0 Å². The molecule has 0 unspecified atom stereocenters. The van der Waals surface area contributed by atoms with E-state index in [0.29, 0.717) is 12.4 Å². The topological polar surface area (TPSA) is 95.6 Å². The molecular weight excluding hydrogens is 324 g/mol. The van der Waals surface area contributed by atoms with Gasteiger partial charge in [-0.25, -0.2) is 9.78 Å². The van der Waals surface area contributed by atoms with Gasteiger partial charge in [0.25, 0.3) is 11.5 Å². The van der Waals surface area contributed by atoms with Crippen molar-refractivity contribution in [3.63, 3.8) is 0 Å². The van der Waals surface area contributed by atoms with Crippen LogP contribution in [0.25, 0.3) is 0 Å². The summed E-state index contributed by atoms with van der Waals surface area (Å²) >= 11 is 0. The molecule has 2 amide bonds. The molecule has 0 bridgehead atoms. The summed E-state index contributed by atoms with van der Waals surface area (Å²) in [7, 11) is 3.23. The van der Waals surface area contributed by atoms with E-state index in [9.17, 15) is 14.4 Å². The molecule has 8 nitrogen and oxygen atoms in total. The Kier molecular flexibility index (Phi) is 5.06. The van der Waals surface area contributed by atoms with Crippen LogP contribution in [0.15, 0.2) is 10.9 Å². The number of aromatic amines is 1. The number of H-pyrrole nitrogens is 1. The van der Waals surface area contributed by atoms with Crippen molar-refractivity contribution >= 4 is 12.0 Å². The Labute approximate surface area is 146 Å². The van der Waals surface area contributed by atoms with Crippen LogP contribution in [0, 0.1) is 0 Å². The molecule has 0 spiro atoms. The van der Waals surface area contributed by atoms with Gasteiger partial charge in [-0.05, 0) is 32.1 Å². The van der Waals surface area contributed by atoms with E-state index in [1.807, 2.05) is 0 Å². The zero-order valence-electron chi connectivity index (χ0n) is 14.7. The van der Waals surface area contributed by atoms with E-state index in [2.05, 4.69) is 9.97 Å². The van der Waals surface area contributed by atoms with Crippen molar-refractivity contribution < 1.29 is 14.3 Å². The molecule has 2 heterocycles. The minimum Gasteiger partial charge on any atom is -0.447 e. The number of hydrogen-bond acceptors (Lipinski definition) is 5. The Bertz CT molecular complexity index is 711. The third kappa shape index (κ3) is 4.18. The average Bonchev–Trinajstić information content (AvgIpc) is 3.43. The number of nitrogens with zero attached hydrogens (tertiary/aromatic N) is 3. The molecule has 1 saturated heterocycles. The minimum atomic E-state index is -0.428. The molecule has 0 aromatic carbocycles. The maximum absolute atomic E-state index is 12.9. The van der Waals surface area contributed by atoms with Gasteiger partial charge in [0.2, 0.25) is 0 Å². The fraction of sp³-hybridized carbons (Fsp3) is 0.647. The van der Waals surface area contributed by atoms with Crippen molar-refractivity contribution in [3.05, 3.63) is 27.9 Å². The number of carbonyl (C=O) groups excluding carboxylic acids is 2. The van der Waals surface area contributed by atoms with Crippen molar-refractivity contribution in [1.82, 2.24) is 19.8 Å². The van der Waals surface area contributed by atoms with Gasteiger partial charge in [-0.1, -0.05) is 0 Å². The first-order chi connectivity index (χ1) is 12.0. The Morgan fingerprint density at radius 2 is 2.08 bits per heavy atom. The molecule has 3 rings (SSSR count). The lowest BCUT2D eigenvalue weighted by molar-refractivity contribution is 0.0401. The summed E-state index contributed by atoms with van der Waals surface area (Å²) in [5.74, 6) is 0.598. The average molecular weight is 348 g/mol. The first-order valence-electron chi connectivity index (χ1n) is 8.72. The van der Waals surface area contributed by atoms with E-state index >= 15 is 0 Å². The first-order valence-corrected chi connectivity index (χ1v) is 8.72. The number of nitrogens with one attached hydrogen (secondary N) is 1. The van der Waals surface area contributed by atoms with Gasteiger partial charge in [-0.3, -0.25) is 9.59 Å². The summed E-state index contributed by atoms with van der Waals surface area (Å²) in [5, 5.41) is 0. The van der Waals surface area contributed by atoms with E-state index in [1.54, 1.807) is 19.0 Å². The summed E-state index contributed by atoms with van der Waals surface area (Å²) in [6, 6.07) is 1.07. The summed E-state index contributed by atoms with van der Waals surface area (Å²) < 4.78 is 5.26. The standard InChI is InChI=1S/C17H24N4O4/c1-20(2)17(24)25-10-12-5-3-4-8-21(12)16(23)13-9-14(22)19-15(18-13)11-6-7-11/h9,11-12H,3-8,10H2,1-2H3,(H,18,19,22)/t12-/m1/s1. The van der Waals surface area contributed by atoms with Crippen LogP contribution >= 0.6 is 0 Å². The quantitative estimate of drug-likeness (QED) is 0.886. The molecule has 1 N–H and O–H groups in total. The zero-order valence-corrected chi connectivity index (χ0v) is 14.7. The fourth-order valence-corrected chi connectivity index (χ4v) is 3.02. The molecule has 1 atom stereocenters. The molecule has 1 aromatic rings. The fourth-order valence-electron chi connectivity index (χ4n) is 3.02. The van der Waals surface area contributed by atoms with E-state index in [4.69, 9.17) is 4.74 Å². The van der Waals surface area contributed by atoms with E-state index < -0.39 is 6.09 Å². The summed E-state index contributed by atoms with van der Waals surface area (Å²) in [6.07, 6.45) is 4.20. The number of ether oxygens (including phenoxy) is 1. The number of amides is 2. The van der Waals surface area contributed by atoms with Gasteiger partial charge in [0.05, 0.1) is 6.04 Å². The highest BCUT2D eigenvalue weighted by Gasteiger charge is 2.31. The molecule has 2 aliphatic rings. The van der Waals surface area contributed by atoms with Crippen LogP contribution in [-0.2, 0) is 4.74 Å². The Balaban J connectivity index is 1.74. The van der Waals surface area contributed by atoms with Crippen LogP contribution in [-0.4, -0.2) is 65.1 Å². The predicted molar refractivity (Wildman–Crippen MR) is 90.5 cm³/mol. The van der Waals surface area contributed by atoms with Crippen LogP contribution in [0.4, 0.5) is 4.79 Å². The van der Waals surface area contributed by atoms with E-state index in [1.165, 1.54) is 11.0 Å². The maximum Gasteiger partial charge on any atom is 0.409 e. The van der Waals surface area contributed by atoms with E-state index in [-0.39, 0.29) is 35.7 Å². The van der Waals surface area contributed by atoms with Gasteiger partial charge in [0, 0.05) is 32.6 Å². The Hall–Kier alpha value is -2.38. The molecule has 0 radical (unpaired) electrons. The van der Waals surface area contributed by atoms with Gasteiger partial charge < -0.3 is 19.5 Å². The molecule has 8 heteroatoms. The van der Waals surface area contributed by atoms with E-state index in [0.717, 1.165) is 32.1 Å². The van der Waals surface area contributed by atoms with Gasteiger partial charge >= 0.3 is 6.09 Å². The lowest BCUT2D eigenvalue weighted by Gasteiger charge is -2.35. The van der Waals surface area contributed by atoms with Gasteiger partial charge in [-0.2, -0.15) is 0 Å². The van der Waals surface area contributed by atoms with Crippen molar-refractivity contribution in [2.75, 3.05) is 27.2 Å². The third-order valence-corrected chi connectivity index (χ3v) is 4.60. The van der Waals surface area contributed by atoms with Crippen molar-refractivity contribution in [1.29, 1.82) is 0 Å². The highest BCUT2D eigenvalue weighted by molar-refractivity contribution is 5.92. The largest absolute Gasteiger partial charge is 0.447 e. The second-order valence-electron chi connectivity index (χ2n) is 6.91. The van der Waals surface area contributed by atoms with Crippen LogP contribution in [0.1, 0.15) is 54.3 Å². The lowest BCUT2D eigenvalue weighted by Crippen LogP contribution is -2.47. The summed E-state index contributed by atoms with van der Waals surface area (Å²) in [6.45, 7) is 0.734. The minimum absolute atomic E-state index is 0.154. The van der Waals surface area contributed by atoms with Crippen LogP contribution < -0.4 is 5.56 Å². The summed E-state index contributed by atoms with van der Waals surface area (Å²) in [5.41, 5.74) is -0.121. The summed E-state index contributed by atoms with van der Waals surface area (Å²) in [4.78, 5) is 46.5. The van der Waals surface area contributed by atoms with Crippen LogP contribution in [0.5, 0.6) is 0 Å². The third-order valence-electron chi connectivity index (χ3n) is 4.60. The maximum atomic E-state index is 12.9. The zero-order chi connectivity index (χ0) is 18.0. The second kappa shape index (κ2) is 7.25. The predicted octanol–water partition coefficient (Wildman–Crippen LogP) is 1.34. The lowest BCUT2D eigenvalue weighted by atomic mass is 10.0. The molecule has 1 aliphatic heterocycles. The molecule has 1 aliphatic carbocycles. The van der Waals surface area contributed by atoms with Gasteiger partial charge in [0.15, 0.2) is 0 Å². The highest BCUT2D eigenvalue weighted by atomic mass is 16.6. The van der Waals surface area contributed by atoms with Crippen LogP contribution in [0.3, 0.4) is 0 Å². The van der Waals surface area contributed by atoms with Crippen molar-refractivity contribution in [2.45, 2.75) is 44.1 Å². The molecule has 1 aromatic heterocycles. The number of carbonyl (C=O) groups is 2. The highest BCUT2D eigenvalue weighted by Crippen LogP contribution is 2.37. The SMILES string of the molecule is CN(C)C(=O)OC[C@H]1CCCCN1C(=O)c1cc(=O)[nH]c(C2CC2)n1. The number of aromatic nitrogens is 2. The number of rotatable bonds is 4. The normalized spacial score (nSPS) is 20.2.